The van der Waals surface area contributed by atoms with E-state index in [0.717, 1.165) is 10.6 Å². The third-order valence-electron chi connectivity index (χ3n) is 2.00. The van der Waals surface area contributed by atoms with Crippen molar-refractivity contribution >= 4 is 23.4 Å². The van der Waals surface area contributed by atoms with Crippen molar-refractivity contribution in [1.29, 1.82) is 0 Å². The van der Waals surface area contributed by atoms with Crippen molar-refractivity contribution in [1.82, 2.24) is 9.97 Å². The van der Waals surface area contributed by atoms with E-state index in [-0.39, 0.29) is 12.5 Å². The lowest BCUT2D eigenvalue weighted by Gasteiger charge is -2.13. The van der Waals surface area contributed by atoms with Gasteiger partial charge < -0.3 is 10.2 Å². The molecule has 1 aromatic heterocycles. The molecule has 0 saturated carbocycles. The molecule has 2 N–H and O–H groups in total. The first-order valence-corrected chi connectivity index (χ1v) is 6.34. The lowest BCUT2D eigenvalue weighted by molar-refractivity contribution is 0.113. The number of rotatable bonds is 5. The van der Waals surface area contributed by atoms with E-state index in [4.69, 9.17) is 16.7 Å². The SMILES string of the molecule is CC(C)c1c(Cl)ncnc1SCC(O)CO. The van der Waals surface area contributed by atoms with Crippen LogP contribution in [0.2, 0.25) is 5.15 Å². The predicted molar refractivity (Wildman–Crippen MR) is 64.9 cm³/mol. The van der Waals surface area contributed by atoms with Crippen LogP contribution < -0.4 is 0 Å². The van der Waals surface area contributed by atoms with Gasteiger partial charge >= 0.3 is 0 Å². The molecule has 0 aliphatic rings. The number of aromatic nitrogens is 2. The largest absolute Gasteiger partial charge is 0.394 e. The third kappa shape index (κ3) is 3.59. The van der Waals surface area contributed by atoms with E-state index in [1.165, 1.54) is 18.1 Å². The molecule has 0 aromatic carbocycles. The van der Waals surface area contributed by atoms with Gasteiger partial charge in [0.2, 0.25) is 0 Å². The highest BCUT2D eigenvalue weighted by Crippen LogP contribution is 2.31. The van der Waals surface area contributed by atoms with Gasteiger partial charge in [0.15, 0.2) is 0 Å². The van der Waals surface area contributed by atoms with Gasteiger partial charge in [0.05, 0.1) is 12.7 Å². The molecular weight excluding hydrogens is 248 g/mol. The summed E-state index contributed by atoms with van der Waals surface area (Å²) in [5, 5.41) is 19.2. The molecule has 0 spiro atoms. The standard InChI is InChI=1S/C10H15ClN2O2S/c1-6(2)8-9(11)12-5-13-10(8)16-4-7(15)3-14/h5-7,14-15H,3-4H2,1-2H3. The number of thioether (sulfide) groups is 1. The van der Waals surface area contributed by atoms with Crippen molar-refractivity contribution in [3.05, 3.63) is 17.0 Å². The van der Waals surface area contributed by atoms with Crippen molar-refractivity contribution in [2.75, 3.05) is 12.4 Å². The highest BCUT2D eigenvalue weighted by Gasteiger charge is 2.15. The summed E-state index contributed by atoms with van der Waals surface area (Å²) in [5.74, 6) is 0.617. The number of hydrogen-bond donors (Lipinski definition) is 2. The molecule has 1 rings (SSSR count). The fourth-order valence-corrected chi connectivity index (χ4v) is 2.66. The van der Waals surface area contributed by atoms with E-state index in [1.807, 2.05) is 13.8 Å². The van der Waals surface area contributed by atoms with Crippen LogP contribution in [0.4, 0.5) is 0 Å². The molecular formula is C10H15ClN2O2S. The van der Waals surface area contributed by atoms with Crippen molar-refractivity contribution in [2.45, 2.75) is 30.9 Å². The van der Waals surface area contributed by atoms with Crippen LogP contribution in [0.3, 0.4) is 0 Å². The van der Waals surface area contributed by atoms with Gasteiger partial charge in [0.1, 0.15) is 16.5 Å². The maximum absolute atomic E-state index is 9.27. The van der Waals surface area contributed by atoms with Crippen LogP contribution in [0.25, 0.3) is 0 Å². The Morgan fingerprint density at radius 3 is 2.69 bits per heavy atom. The second-order valence-corrected chi connectivity index (χ2v) is 5.05. The monoisotopic (exact) mass is 262 g/mol. The molecule has 6 heteroatoms. The molecule has 4 nitrogen and oxygen atoms in total. The number of nitrogens with zero attached hydrogens (tertiary/aromatic N) is 2. The number of aliphatic hydroxyl groups is 2. The molecule has 0 aliphatic carbocycles. The van der Waals surface area contributed by atoms with Gasteiger partial charge in [-0.2, -0.15) is 0 Å². The minimum atomic E-state index is -0.737. The molecule has 0 radical (unpaired) electrons. The molecule has 1 aromatic rings. The Balaban J connectivity index is 2.83. The summed E-state index contributed by atoms with van der Waals surface area (Å²) in [6.45, 7) is 3.77. The van der Waals surface area contributed by atoms with E-state index in [2.05, 4.69) is 9.97 Å². The van der Waals surface area contributed by atoms with Crippen molar-refractivity contribution in [3.8, 4) is 0 Å². The minimum Gasteiger partial charge on any atom is -0.394 e. The Hall–Kier alpha value is -0.360. The van der Waals surface area contributed by atoms with Crippen molar-refractivity contribution in [2.24, 2.45) is 0 Å². The first kappa shape index (κ1) is 13.7. The fourth-order valence-electron chi connectivity index (χ4n) is 1.19. The van der Waals surface area contributed by atoms with E-state index in [1.54, 1.807) is 0 Å². The first-order valence-electron chi connectivity index (χ1n) is 4.98. The van der Waals surface area contributed by atoms with Crippen LogP contribution in [-0.4, -0.2) is 38.6 Å². The molecule has 0 bridgehead atoms. The van der Waals surface area contributed by atoms with Crippen LogP contribution >= 0.6 is 23.4 Å². The molecule has 0 amide bonds. The van der Waals surface area contributed by atoms with Crippen molar-refractivity contribution in [3.63, 3.8) is 0 Å². The lowest BCUT2D eigenvalue weighted by atomic mass is 10.1. The predicted octanol–water partition coefficient (Wildman–Crippen LogP) is 1.70. The van der Waals surface area contributed by atoms with E-state index in [9.17, 15) is 5.11 Å². The average Bonchev–Trinajstić information content (AvgIpc) is 2.25. The van der Waals surface area contributed by atoms with Gasteiger partial charge in [0, 0.05) is 11.3 Å². The highest BCUT2D eigenvalue weighted by molar-refractivity contribution is 7.99. The Morgan fingerprint density at radius 1 is 1.44 bits per heavy atom. The Morgan fingerprint density at radius 2 is 2.12 bits per heavy atom. The average molecular weight is 263 g/mol. The van der Waals surface area contributed by atoms with Crippen molar-refractivity contribution < 1.29 is 10.2 Å². The summed E-state index contributed by atoms with van der Waals surface area (Å²) < 4.78 is 0. The Bertz CT molecular complexity index is 350. The zero-order valence-electron chi connectivity index (χ0n) is 9.22. The summed E-state index contributed by atoms with van der Waals surface area (Å²) in [4.78, 5) is 8.08. The normalized spacial score (nSPS) is 13.1. The van der Waals surface area contributed by atoms with Gasteiger partial charge in [-0.1, -0.05) is 25.4 Å². The van der Waals surface area contributed by atoms with Gasteiger partial charge in [-0.15, -0.1) is 11.8 Å². The molecule has 16 heavy (non-hydrogen) atoms. The van der Waals surface area contributed by atoms with Gasteiger partial charge in [-0.3, -0.25) is 0 Å². The van der Waals surface area contributed by atoms with Gasteiger partial charge in [-0.05, 0) is 5.92 Å². The van der Waals surface area contributed by atoms with Crippen LogP contribution in [0.5, 0.6) is 0 Å². The quantitative estimate of drug-likeness (QED) is 0.625. The highest BCUT2D eigenvalue weighted by atomic mass is 35.5. The second kappa shape index (κ2) is 6.39. The Labute approximate surface area is 104 Å². The molecule has 1 unspecified atom stereocenters. The smallest absolute Gasteiger partial charge is 0.137 e. The van der Waals surface area contributed by atoms with Gasteiger partial charge in [-0.25, -0.2) is 9.97 Å². The summed E-state index contributed by atoms with van der Waals surface area (Å²) in [7, 11) is 0. The van der Waals surface area contributed by atoms with E-state index in [0.29, 0.717) is 10.9 Å². The summed E-state index contributed by atoms with van der Waals surface area (Å²) in [5.41, 5.74) is 0.888. The zero-order chi connectivity index (χ0) is 12.1. The molecule has 90 valence electrons. The summed E-state index contributed by atoms with van der Waals surface area (Å²) >= 11 is 7.37. The van der Waals surface area contributed by atoms with Crippen LogP contribution in [0.15, 0.2) is 11.4 Å². The Kier molecular flexibility index (Phi) is 5.48. The van der Waals surface area contributed by atoms with E-state index < -0.39 is 6.10 Å². The minimum absolute atomic E-state index is 0.225. The van der Waals surface area contributed by atoms with Crippen LogP contribution in [0.1, 0.15) is 25.3 Å². The number of hydrogen-bond acceptors (Lipinski definition) is 5. The second-order valence-electron chi connectivity index (χ2n) is 3.69. The lowest BCUT2D eigenvalue weighted by Crippen LogP contribution is -2.15. The van der Waals surface area contributed by atoms with Crippen LogP contribution in [0, 0.1) is 0 Å². The first-order chi connectivity index (χ1) is 7.56. The fraction of sp³-hybridized carbons (Fsp3) is 0.600. The van der Waals surface area contributed by atoms with E-state index >= 15 is 0 Å². The topological polar surface area (TPSA) is 66.2 Å². The summed E-state index contributed by atoms with van der Waals surface area (Å²) in [6.07, 6.45) is 0.667. The number of halogens is 1. The zero-order valence-corrected chi connectivity index (χ0v) is 10.8. The third-order valence-corrected chi connectivity index (χ3v) is 3.45. The molecule has 0 aliphatic heterocycles. The molecule has 0 saturated heterocycles. The maximum atomic E-state index is 9.27. The van der Waals surface area contributed by atoms with Gasteiger partial charge in [0.25, 0.3) is 0 Å². The molecule has 1 atom stereocenters. The molecule has 1 heterocycles. The number of aliphatic hydroxyl groups excluding tert-OH is 2. The van der Waals surface area contributed by atoms with Crippen LogP contribution in [-0.2, 0) is 0 Å². The maximum Gasteiger partial charge on any atom is 0.137 e. The molecule has 0 fully saturated rings. The summed E-state index contributed by atoms with van der Waals surface area (Å²) in [6, 6.07) is 0.